The number of nitrogens with zero attached hydrogens (tertiary/aromatic N) is 1. The van der Waals surface area contributed by atoms with Gasteiger partial charge < -0.3 is 9.64 Å². The fourth-order valence-corrected chi connectivity index (χ4v) is 3.27. The maximum atomic E-state index is 12.3. The van der Waals surface area contributed by atoms with Crippen LogP contribution in [-0.2, 0) is 0 Å². The van der Waals surface area contributed by atoms with E-state index >= 15 is 0 Å². The molecular formula is C22H24ClNO2. The molecule has 1 aliphatic heterocycles. The monoisotopic (exact) mass is 369 g/mol. The number of ketones is 1. The Labute approximate surface area is 160 Å². The lowest BCUT2D eigenvalue weighted by molar-refractivity contribution is 0.104. The minimum atomic E-state index is -0.0505. The van der Waals surface area contributed by atoms with Crippen molar-refractivity contribution in [3.63, 3.8) is 0 Å². The number of likely N-dealkylation sites (tertiary alicyclic amines) is 1. The molecule has 1 heterocycles. The normalized spacial score (nSPS) is 14.8. The fourth-order valence-electron chi connectivity index (χ4n) is 3.07. The number of hydrogen-bond acceptors (Lipinski definition) is 3. The van der Waals surface area contributed by atoms with E-state index in [1.165, 1.54) is 25.9 Å². The van der Waals surface area contributed by atoms with E-state index in [1.54, 1.807) is 24.3 Å². The van der Waals surface area contributed by atoms with Gasteiger partial charge in [-0.25, -0.2) is 0 Å². The van der Waals surface area contributed by atoms with E-state index < -0.39 is 0 Å². The molecule has 0 spiro atoms. The molecule has 0 atom stereocenters. The number of carbonyl (C=O) groups is 1. The van der Waals surface area contributed by atoms with E-state index in [9.17, 15) is 4.79 Å². The highest BCUT2D eigenvalue weighted by molar-refractivity contribution is 6.32. The van der Waals surface area contributed by atoms with Gasteiger partial charge in [-0.3, -0.25) is 4.79 Å². The van der Waals surface area contributed by atoms with Crippen molar-refractivity contribution >= 4 is 23.5 Å². The summed E-state index contributed by atoms with van der Waals surface area (Å²) >= 11 is 6.09. The summed E-state index contributed by atoms with van der Waals surface area (Å²) in [5.74, 6) is 0.753. The van der Waals surface area contributed by atoms with Crippen LogP contribution >= 0.6 is 11.6 Å². The van der Waals surface area contributed by atoms with Crippen LogP contribution in [0.1, 0.15) is 35.2 Å². The van der Waals surface area contributed by atoms with Gasteiger partial charge in [0.1, 0.15) is 5.75 Å². The molecule has 4 heteroatoms. The Morgan fingerprint density at radius 2 is 1.81 bits per heavy atom. The van der Waals surface area contributed by atoms with Gasteiger partial charge in [0, 0.05) is 17.1 Å². The van der Waals surface area contributed by atoms with Crippen LogP contribution in [0.3, 0.4) is 0 Å². The van der Waals surface area contributed by atoms with Crippen molar-refractivity contribution in [3.05, 3.63) is 70.8 Å². The van der Waals surface area contributed by atoms with Crippen LogP contribution in [0.25, 0.3) is 6.08 Å². The molecule has 0 bridgehead atoms. The Morgan fingerprint density at radius 1 is 1.08 bits per heavy atom. The maximum absolute atomic E-state index is 12.3. The van der Waals surface area contributed by atoms with Crippen LogP contribution in [0.5, 0.6) is 5.75 Å². The van der Waals surface area contributed by atoms with Crippen LogP contribution < -0.4 is 4.74 Å². The van der Waals surface area contributed by atoms with Crippen LogP contribution in [0.15, 0.2) is 54.6 Å². The highest BCUT2D eigenvalue weighted by atomic mass is 35.5. The van der Waals surface area contributed by atoms with Crippen molar-refractivity contribution in [2.24, 2.45) is 0 Å². The lowest BCUT2D eigenvalue weighted by atomic mass is 10.1. The molecule has 26 heavy (non-hydrogen) atoms. The first-order chi connectivity index (χ1) is 12.7. The standard InChI is InChI=1S/C22H24ClNO2/c23-21-7-2-1-6-18(21)10-13-22(25)19-8-11-20(12-9-19)26-17-5-16-24-14-3-4-15-24/h1-2,6-13H,3-5,14-17H2. The zero-order chi connectivity index (χ0) is 18.2. The quantitative estimate of drug-likeness (QED) is 0.368. The lowest BCUT2D eigenvalue weighted by Crippen LogP contribution is -2.21. The fraction of sp³-hybridized carbons (Fsp3) is 0.318. The summed E-state index contributed by atoms with van der Waals surface area (Å²) in [6.45, 7) is 4.25. The molecular weight excluding hydrogens is 346 g/mol. The summed E-state index contributed by atoms with van der Waals surface area (Å²) in [6, 6.07) is 14.8. The predicted octanol–water partition coefficient (Wildman–Crippen LogP) is 5.10. The van der Waals surface area contributed by atoms with Gasteiger partial charge in [-0.2, -0.15) is 0 Å². The summed E-state index contributed by atoms with van der Waals surface area (Å²) < 4.78 is 5.77. The zero-order valence-corrected chi connectivity index (χ0v) is 15.6. The number of ether oxygens (including phenoxy) is 1. The molecule has 0 radical (unpaired) electrons. The van der Waals surface area contributed by atoms with E-state index in [-0.39, 0.29) is 5.78 Å². The van der Waals surface area contributed by atoms with Gasteiger partial charge in [0.05, 0.1) is 6.61 Å². The summed E-state index contributed by atoms with van der Waals surface area (Å²) in [6.07, 6.45) is 6.96. The predicted molar refractivity (Wildman–Crippen MR) is 107 cm³/mol. The average Bonchev–Trinajstić information content (AvgIpc) is 3.18. The van der Waals surface area contributed by atoms with E-state index in [2.05, 4.69) is 4.90 Å². The first-order valence-electron chi connectivity index (χ1n) is 9.14. The molecule has 0 aromatic heterocycles. The van der Waals surface area contributed by atoms with Crippen LogP contribution in [0.2, 0.25) is 5.02 Å². The summed E-state index contributed by atoms with van der Waals surface area (Å²) in [5, 5.41) is 0.634. The third-order valence-electron chi connectivity index (χ3n) is 4.54. The van der Waals surface area contributed by atoms with Gasteiger partial charge in [0.25, 0.3) is 0 Å². The van der Waals surface area contributed by atoms with E-state index in [1.807, 2.05) is 36.4 Å². The van der Waals surface area contributed by atoms with Crippen molar-refractivity contribution in [2.75, 3.05) is 26.2 Å². The number of benzene rings is 2. The second-order valence-electron chi connectivity index (χ2n) is 6.49. The SMILES string of the molecule is O=C(C=Cc1ccccc1Cl)c1ccc(OCCCN2CCCC2)cc1. The van der Waals surface area contributed by atoms with Gasteiger partial charge in [0.15, 0.2) is 5.78 Å². The molecule has 3 nitrogen and oxygen atoms in total. The summed E-state index contributed by atoms with van der Waals surface area (Å²) in [7, 11) is 0. The van der Waals surface area contributed by atoms with Crippen molar-refractivity contribution in [2.45, 2.75) is 19.3 Å². The average molecular weight is 370 g/mol. The Hall–Kier alpha value is -2.10. The highest BCUT2D eigenvalue weighted by Gasteiger charge is 2.10. The minimum Gasteiger partial charge on any atom is -0.494 e. The molecule has 3 rings (SSSR count). The third-order valence-corrected chi connectivity index (χ3v) is 4.89. The number of allylic oxidation sites excluding steroid dienone is 1. The molecule has 1 aliphatic rings. The minimum absolute atomic E-state index is 0.0505. The Morgan fingerprint density at radius 3 is 2.54 bits per heavy atom. The molecule has 0 amide bonds. The first kappa shape index (κ1) is 18.7. The van der Waals surface area contributed by atoms with E-state index in [0.29, 0.717) is 17.2 Å². The second-order valence-corrected chi connectivity index (χ2v) is 6.90. The van der Waals surface area contributed by atoms with Gasteiger partial charge in [0.2, 0.25) is 0 Å². The van der Waals surface area contributed by atoms with Crippen molar-refractivity contribution in [3.8, 4) is 5.75 Å². The molecule has 1 fully saturated rings. The number of rotatable bonds is 8. The maximum Gasteiger partial charge on any atom is 0.185 e. The van der Waals surface area contributed by atoms with Crippen molar-refractivity contribution < 1.29 is 9.53 Å². The molecule has 0 aliphatic carbocycles. The largest absolute Gasteiger partial charge is 0.494 e. The van der Waals surface area contributed by atoms with Crippen LogP contribution in [-0.4, -0.2) is 36.9 Å². The Bertz CT molecular complexity index is 749. The first-order valence-corrected chi connectivity index (χ1v) is 9.52. The molecule has 0 unspecified atom stereocenters. The Kier molecular flexibility index (Phi) is 6.87. The van der Waals surface area contributed by atoms with Gasteiger partial charge in [-0.15, -0.1) is 0 Å². The number of halogens is 1. The topological polar surface area (TPSA) is 29.5 Å². The van der Waals surface area contributed by atoms with Gasteiger partial charge >= 0.3 is 0 Å². The molecule has 0 saturated carbocycles. The van der Waals surface area contributed by atoms with E-state index in [0.717, 1.165) is 24.3 Å². The van der Waals surface area contributed by atoms with Crippen molar-refractivity contribution in [1.82, 2.24) is 4.90 Å². The Balaban J connectivity index is 1.47. The van der Waals surface area contributed by atoms with Gasteiger partial charge in [-0.1, -0.05) is 29.8 Å². The molecule has 2 aromatic rings. The summed E-state index contributed by atoms with van der Waals surface area (Å²) in [5.41, 5.74) is 1.47. The third kappa shape index (κ3) is 5.45. The number of hydrogen-bond donors (Lipinski definition) is 0. The lowest BCUT2D eigenvalue weighted by Gasteiger charge is -2.14. The summed E-state index contributed by atoms with van der Waals surface area (Å²) in [4.78, 5) is 14.8. The van der Waals surface area contributed by atoms with Gasteiger partial charge in [-0.05, 0) is 80.4 Å². The zero-order valence-electron chi connectivity index (χ0n) is 14.9. The second kappa shape index (κ2) is 9.56. The molecule has 136 valence electrons. The smallest absolute Gasteiger partial charge is 0.185 e. The molecule has 0 N–H and O–H groups in total. The van der Waals surface area contributed by atoms with Crippen LogP contribution in [0, 0.1) is 0 Å². The number of carbonyl (C=O) groups excluding carboxylic acids is 1. The van der Waals surface area contributed by atoms with Crippen molar-refractivity contribution in [1.29, 1.82) is 0 Å². The molecule has 1 saturated heterocycles. The van der Waals surface area contributed by atoms with E-state index in [4.69, 9.17) is 16.3 Å². The highest BCUT2D eigenvalue weighted by Crippen LogP contribution is 2.18. The van der Waals surface area contributed by atoms with Crippen LogP contribution in [0.4, 0.5) is 0 Å². The molecule has 2 aromatic carbocycles.